The number of hydrogen-bond acceptors (Lipinski definition) is 48. The van der Waals surface area contributed by atoms with E-state index in [9.17, 15) is 0 Å². The van der Waals surface area contributed by atoms with Gasteiger partial charge in [-0.25, -0.2) is 0 Å². The van der Waals surface area contributed by atoms with E-state index in [4.69, 9.17) is 228 Å². The summed E-state index contributed by atoms with van der Waals surface area (Å²) in [5.41, 5.74) is 5.36. The minimum Gasteiger partial charge on any atom is -0.382 e. The molecular formula is C95H193NO47. The fourth-order valence-electron chi connectivity index (χ4n) is 10.2. The summed E-state index contributed by atoms with van der Waals surface area (Å²) in [6.07, 6.45) is 0. The summed E-state index contributed by atoms with van der Waals surface area (Å²) in [5, 5.41) is 0. The van der Waals surface area contributed by atoms with Crippen LogP contribution < -0.4 is 5.73 Å². The Kier molecular flexibility index (Phi) is 138. The molecule has 2 N–H and O–H groups in total. The molecule has 860 valence electrons. The van der Waals surface area contributed by atoms with E-state index in [1.54, 1.807) is 7.11 Å². The van der Waals surface area contributed by atoms with E-state index in [1.165, 1.54) is 0 Å². The lowest BCUT2D eigenvalue weighted by molar-refractivity contribution is -0.0330. The van der Waals surface area contributed by atoms with Crippen molar-refractivity contribution in [1.29, 1.82) is 0 Å². The number of rotatable bonds is 140. The molecule has 0 bridgehead atoms. The van der Waals surface area contributed by atoms with Crippen molar-refractivity contribution in [3.05, 3.63) is 0 Å². The third-order valence-corrected chi connectivity index (χ3v) is 17.4. The van der Waals surface area contributed by atoms with Crippen LogP contribution in [-0.4, -0.2) is 628 Å². The zero-order chi connectivity index (χ0) is 102. The van der Waals surface area contributed by atoms with Crippen LogP contribution in [0.1, 0.15) is 0 Å². The van der Waals surface area contributed by atoms with Crippen molar-refractivity contribution in [3.8, 4) is 0 Å². The normalized spacial score (nSPS) is 11.9. The smallest absolute Gasteiger partial charge is 0.0701 e. The second-order valence-electron chi connectivity index (χ2n) is 29.0. The van der Waals surface area contributed by atoms with E-state index >= 15 is 0 Å². The van der Waals surface area contributed by atoms with Crippen LogP contribution in [-0.2, 0) is 223 Å². The molecule has 0 aliphatic carbocycles. The standard InChI is InChI=1S/C95H193NO47/c1-97-4-5-99-8-9-101-12-13-103-16-17-105-20-21-107-24-25-109-28-29-111-32-33-113-36-37-115-40-41-117-44-45-119-48-49-121-52-53-123-56-57-125-60-61-127-64-65-129-68-69-131-72-73-133-76-77-135-80-81-137-84-85-139-88-89-141-92-93-143-95-94-142-91-90-140-87-86-138-83-82-136-79-78-134-75-74-132-71-70-130-67-66-128-63-62-126-59-58-124-55-54-122-51-50-120-47-46-118-43-42-116-39-38-114-35-34-112-31-30-110-27-26-108-23-22-106-19-18-104-15-14-102-11-10-100-7-6-98-3-2-96/h2-96H2,1H3. The molecule has 0 aromatic heterocycles. The molecular weight excluding hydrogens is 1910 g/mol. The van der Waals surface area contributed by atoms with E-state index in [2.05, 4.69) is 0 Å². The summed E-state index contributed by atoms with van der Waals surface area (Å²) in [6, 6.07) is 0. The Morgan fingerprint density at radius 3 is 0.154 bits per heavy atom. The number of ether oxygens (including phenoxy) is 47. The topological polar surface area (TPSA) is 460 Å². The summed E-state index contributed by atoms with van der Waals surface area (Å²) in [4.78, 5) is 0. The molecule has 0 aliphatic heterocycles. The zero-order valence-electron chi connectivity index (χ0n) is 87.2. The van der Waals surface area contributed by atoms with Gasteiger partial charge < -0.3 is 228 Å². The van der Waals surface area contributed by atoms with Crippen LogP contribution in [0.15, 0.2) is 0 Å². The highest BCUT2D eigenvalue weighted by Crippen LogP contribution is 1.98. The maximum absolute atomic E-state index is 5.56. The molecule has 0 saturated heterocycles. The quantitative estimate of drug-likeness (QED) is 0.0803. The van der Waals surface area contributed by atoms with Crippen LogP contribution in [0.2, 0.25) is 0 Å². The SMILES string of the molecule is COCCOCCOCCOCCOCCOCCOCCOCCOCCOCCOCCOCCOCCOCCOCCOCCOCCOCCOCCOCCOCCOCCOCCOCCOCCOCCOCCOCCOCCOCCOCCOCCOCCOCCOCCOCCOCCOCCOCCOCCOCCOCCOCCOCCOCCOCCOCCN. The maximum Gasteiger partial charge on any atom is 0.0701 e. The molecule has 48 nitrogen and oxygen atoms in total. The summed E-state index contributed by atoms with van der Waals surface area (Å²) < 4.78 is 259. The molecule has 0 aromatic carbocycles. The number of methoxy groups -OCH3 is 1. The molecule has 0 saturated carbocycles. The van der Waals surface area contributed by atoms with Crippen LogP contribution in [0.4, 0.5) is 0 Å². The van der Waals surface area contributed by atoms with Crippen molar-refractivity contribution >= 4 is 0 Å². The molecule has 143 heavy (non-hydrogen) atoms. The predicted octanol–water partition coefficient (Wildman–Crippen LogP) is 0.355. The van der Waals surface area contributed by atoms with Gasteiger partial charge in [-0.1, -0.05) is 0 Å². The average molecular weight is 2100 g/mol. The molecule has 0 amide bonds. The predicted molar refractivity (Wildman–Crippen MR) is 519 cm³/mol. The van der Waals surface area contributed by atoms with Gasteiger partial charge in [0, 0.05) is 13.7 Å². The highest BCUT2D eigenvalue weighted by Gasteiger charge is 2.07. The van der Waals surface area contributed by atoms with Crippen molar-refractivity contribution in [3.63, 3.8) is 0 Å². The van der Waals surface area contributed by atoms with Gasteiger partial charge in [-0.15, -0.1) is 0 Å². The lowest BCUT2D eigenvalue weighted by Gasteiger charge is -2.09. The van der Waals surface area contributed by atoms with Gasteiger partial charge in [0.05, 0.1) is 614 Å². The van der Waals surface area contributed by atoms with Gasteiger partial charge in [-0.2, -0.15) is 0 Å². The fraction of sp³-hybridized carbons (Fsp3) is 1.00. The molecule has 0 unspecified atom stereocenters. The Balaban J connectivity index is 3.11. The van der Waals surface area contributed by atoms with Crippen molar-refractivity contribution in [2.75, 3.05) is 628 Å². The molecule has 0 radical (unpaired) electrons. The summed E-state index contributed by atoms with van der Waals surface area (Å²) >= 11 is 0. The first-order valence-corrected chi connectivity index (χ1v) is 51.2. The largest absolute Gasteiger partial charge is 0.382 e. The van der Waals surface area contributed by atoms with Crippen molar-refractivity contribution < 1.29 is 223 Å². The first-order chi connectivity index (χ1) is 71.4. The van der Waals surface area contributed by atoms with Gasteiger partial charge in [0.1, 0.15) is 0 Å². The van der Waals surface area contributed by atoms with Crippen LogP contribution in [0.3, 0.4) is 0 Å². The lowest BCUT2D eigenvalue weighted by atomic mass is 10.6. The first kappa shape index (κ1) is 141. The van der Waals surface area contributed by atoms with E-state index in [0.29, 0.717) is 621 Å². The Morgan fingerprint density at radius 2 is 0.112 bits per heavy atom. The third-order valence-electron chi connectivity index (χ3n) is 17.4. The van der Waals surface area contributed by atoms with E-state index in [0.717, 1.165) is 0 Å². The van der Waals surface area contributed by atoms with Crippen LogP contribution in [0.5, 0.6) is 0 Å². The minimum atomic E-state index is 0.472. The maximum atomic E-state index is 5.56. The average Bonchev–Trinajstić information content (AvgIpc) is 1.11. The van der Waals surface area contributed by atoms with Crippen LogP contribution >= 0.6 is 0 Å². The second kappa shape index (κ2) is 140. The van der Waals surface area contributed by atoms with E-state index < -0.39 is 0 Å². The fourth-order valence-corrected chi connectivity index (χ4v) is 10.2. The van der Waals surface area contributed by atoms with E-state index in [1.807, 2.05) is 0 Å². The van der Waals surface area contributed by atoms with Crippen LogP contribution in [0, 0.1) is 0 Å². The molecule has 0 heterocycles. The van der Waals surface area contributed by atoms with Gasteiger partial charge in [0.25, 0.3) is 0 Å². The second-order valence-corrected chi connectivity index (χ2v) is 29.0. The molecule has 48 heteroatoms. The molecule has 0 aliphatic rings. The Labute approximate surface area is 853 Å². The van der Waals surface area contributed by atoms with Gasteiger partial charge in [-0.3, -0.25) is 0 Å². The lowest BCUT2D eigenvalue weighted by Crippen LogP contribution is -2.16. The summed E-state index contributed by atoms with van der Waals surface area (Å²) in [5.74, 6) is 0. The highest BCUT2D eigenvalue weighted by atomic mass is 16.7. The Morgan fingerprint density at radius 1 is 0.0699 bits per heavy atom. The van der Waals surface area contributed by atoms with Crippen LogP contribution in [0.25, 0.3) is 0 Å². The Bertz CT molecular complexity index is 1820. The molecule has 0 spiro atoms. The monoisotopic (exact) mass is 2100 g/mol. The highest BCUT2D eigenvalue weighted by molar-refractivity contribution is 4.49. The van der Waals surface area contributed by atoms with Gasteiger partial charge in [0.15, 0.2) is 0 Å². The van der Waals surface area contributed by atoms with Crippen molar-refractivity contribution in [2.45, 2.75) is 0 Å². The summed E-state index contributed by atoms with van der Waals surface area (Å²) in [6.45, 7) is 45.8. The first-order valence-electron chi connectivity index (χ1n) is 51.2. The number of hydrogen-bond donors (Lipinski definition) is 1. The number of nitrogens with two attached hydrogens (primary N) is 1. The van der Waals surface area contributed by atoms with Crippen molar-refractivity contribution in [1.82, 2.24) is 0 Å². The summed E-state index contributed by atoms with van der Waals surface area (Å²) in [7, 11) is 1.64. The van der Waals surface area contributed by atoms with Gasteiger partial charge in [-0.05, 0) is 0 Å². The molecule has 0 fully saturated rings. The third kappa shape index (κ3) is 140. The molecule has 0 atom stereocenters. The van der Waals surface area contributed by atoms with Gasteiger partial charge in [0.2, 0.25) is 0 Å². The molecule has 0 rings (SSSR count). The van der Waals surface area contributed by atoms with Crippen molar-refractivity contribution in [2.24, 2.45) is 5.73 Å². The zero-order valence-corrected chi connectivity index (χ0v) is 87.2. The van der Waals surface area contributed by atoms with E-state index in [-0.39, 0.29) is 0 Å². The minimum absolute atomic E-state index is 0.472. The molecule has 0 aromatic rings. The van der Waals surface area contributed by atoms with Gasteiger partial charge >= 0.3 is 0 Å². The Hall–Kier alpha value is -1.92.